The first-order chi connectivity index (χ1) is 7.41. The Balaban J connectivity index is 1.75. The lowest BCUT2D eigenvalue weighted by Gasteiger charge is -2.41. The van der Waals surface area contributed by atoms with E-state index in [0.29, 0.717) is 17.4 Å². The molecule has 0 saturated heterocycles. The molecule has 90 valence electrons. The van der Waals surface area contributed by atoms with Crippen LogP contribution in [-0.4, -0.2) is 18.7 Å². The summed E-state index contributed by atoms with van der Waals surface area (Å²) in [4.78, 5) is 11.5. The van der Waals surface area contributed by atoms with Crippen LogP contribution in [-0.2, 0) is 4.74 Å². The minimum Gasteiger partial charge on any atom is -0.446 e. The Morgan fingerprint density at radius 2 is 2.06 bits per heavy atom. The number of alkyl carbamates (subject to hydrolysis) is 1. The predicted molar refractivity (Wildman–Crippen MR) is 61.0 cm³/mol. The highest BCUT2D eigenvalue weighted by molar-refractivity contribution is 5.67. The van der Waals surface area contributed by atoms with Crippen LogP contribution in [0.15, 0.2) is 0 Å². The summed E-state index contributed by atoms with van der Waals surface area (Å²) in [6.45, 7) is 9.60. The zero-order valence-corrected chi connectivity index (χ0v) is 10.6. The van der Waals surface area contributed by atoms with Crippen LogP contribution in [0.4, 0.5) is 4.79 Å². The molecule has 3 saturated carbocycles. The van der Waals surface area contributed by atoms with Crippen LogP contribution >= 0.6 is 0 Å². The minimum atomic E-state index is -0.243. The quantitative estimate of drug-likeness (QED) is 0.781. The van der Waals surface area contributed by atoms with Gasteiger partial charge in [0.2, 0.25) is 0 Å². The summed E-state index contributed by atoms with van der Waals surface area (Å²) in [6.07, 6.45) is 2.29. The third-order valence-corrected chi connectivity index (χ3v) is 6.49. The molecule has 0 aromatic rings. The fourth-order valence-electron chi connectivity index (χ4n) is 5.14. The molecule has 5 unspecified atom stereocenters. The Morgan fingerprint density at radius 3 is 2.56 bits per heavy atom. The summed E-state index contributed by atoms with van der Waals surface area (Å²) in [5.74, 6) is 0.780. The van der Waals surface area contributed by atoms with Crippen molar-refractivity contribution in [3.8, 4) is 0 Å². The van der Waals surface area contributed by atoms with Gasteiger partial charge in [-0.1, -0.05) is 20.8 Å². The first-order valence-electron chi connectivity index (χ1n) is 6.36. The second-order valence-electron chi connectivity index (χ2n) is 6.30. The van der Waals surface area contributed by atoms with Crippen LogP contribution in [0.5, 0.6) is 0 Å². The normalized spacial score (nSPS) is 56.2. The van der Waals surface area contributed by atoms with Crippen molar-refractivity contribution in [1.82, 2.24) is 5.32 Å². The fourth-order valence-corrected chi connectivity index (χ4v) is 5.14. The lowest BCUT2D eigenvalue weighted by molar-refractivity contribution is 0.00511. The second-order valence-corrected chi connectivity index (χ2v) is 6.30. The Morgan fingerprint density at radius 1 is 1.38 bits per heavy atom. The molecule has 0 aromatic heterocycles. The highest BCUT2D eigenvalue weighted by Gasteiger charge is 2.94. The van der Waals surface area contributed by atoms with Gasteiger partial charge in [-0.05, 0) is 36.5 Å². The number of fused-ring (bicyclic) bond motifs is 1. The number of carbonyl (C=O) groups excluding carboxylic acids is 1. The van der Waals surface area contributed by atoms with E-state index in [1.165, 1.54) is 6.42 Å². The Hall–Kier alpha value is -0.730. The maximum Gasteiger partial charge on any atom is 0.407 e. The second kappa shape index (κ2) is 2.57. The monoisotopic (exact) mass is 223 g/mol. The molecule has 3 aliphatic carbocycles. The molecule has 3 aliphatic rings. The smallest absolute Gasteiger partial charge is 0.407 e. The third kappa shape index (κ3) is 0.731. The van der Waals surface area contributed by atoms with E-state index in [1.807, 2.05) is 6.92 Å². The number of ether oxygens (including phenoxy) is 1. The third-order valence-electron chi connectivity index (χ3n) is 6.49. The van der Waals surface area contributed by atoms with Crippen molar-refractivity contribution in [2.45, 2.75) is 46.6 Å². The molecule has 3 rings (SSSR count). The molecule has 3 heteroatoms. The van der Waals surface area contributed by atoms with E-state index in [0.717, 1.165) is 12.3 Å². The maximum atomic E-state index is 11.5. The van der Waals surface area contributed by atoms with Gasteiger partial charge in [-0.3, -0.25) is 0 Å². The number of hydrogen-bond donors (Lipinski definition) is 1. The van der Waals surface area contributed by atoms with Gasteiger partial charge in [0.05, 0.1) is 0 Å². The molecule has 0 bridgehead atoms. The summed E-state index contributed by atoms with van der Waals surface area (Å²) in [7, 11) is 0. The highest BCUT2D eigenvalue weighted by Crippen LogP contribution is 2.96. The molecule has 16 heavy (non-hydrogen) atoms. The van der Waals surface area contributed by atoms with Crippen LogP contribution < -0.4 is 5.32 Å². The van der Waals surface area contributed by atoms with Crippen molar-refractivity contribution in [2.24, 2.45) is 22.2 Å². The maximum absolute atomic E-state index is 11.5. The van der Waals surface area contributed by atoms with E-state index >= 15 is 0 Å². The minimum absolute atomic E-state index is 0.132. The largest absolute Gasteiger partial charge is 0.446 e. The van der Waals surface area contributed by atoms with E-state index in [9.17, 15) is 4.79 Å². The van der Waals surface area contributed by atoms with E-state index in [-0.39, 0.29) is 17.6 Å². The zero-order chi connectivity index (χ0) is 11.8. The van der Waals surface area contributed by atoms with Crippen LogP contribution in [0.1, 0.15) is 40.5 Å². The molecule has 3 nitrogen and oxygen atoms in total. The topological polar surface area (TPSA) is 38.3 Å². The standard InChI is InChI=1S/C13H21NO2/c1-5-14-10(15)16-9-6-8-7-11(2)12(8,3)13(9,11)4/h8-9H,5-7H2,1-4H3,(H,14,15). The lowest BCUT2D eigenvalue weighted by atomic mass is 9.64. The van der Waals surface area contributed by atoms with Crippen molar-refractivity contribution in [2.75, 3.05) is 6.54 Å². The first-order valence-corrected chi connectivity index (χ1v) is 6.36. The SMILES string of the molecule is CCNC(=O)OC1CC2CC3(C)C2(C)C13C. The average Bonchev–Trinajstić information content (AvgIpc) is 2.42. The Labute approximate surface area is 96.9 Å². The molecule has 0 aromatic carbocycles. The number of rotatable bonds is 2. The Bertz CT molecular complexity index is 369. The van der Waals surface area contributed by atoms with Gasteiger partial charge < -0.3 is 10.1 Å². The van der Waals surface area contributed by atoms with Crippen LogP contribution in [0.25, 0.3) is 0 Å². The molecule has 3 fully saturated rings. The van der Waals surface area contributed by atoms with E-state index in [2.05, 4.69) is 26.1 Å². The highest BCUT2D eigenvalue weighted by atomic mass is 16.6. The van der Waals surface area contributed by atoms with Gasteiger partial charge in [0.15, 0.2) is 0 Å². The van der Waals surface area contributed by atoms with Crippen molar-refractivity contribution in [1.29, 1.82) is 0 Å². The summed E-state index contributed by atoms with van der Waals surface area (Å²) in [6, 6.07) is 0. The molecule has 1 N–H and O–H groups in total. The summed E-state index contributed by atoms with van der Waals surface area (Å²) < 4.78 is 5.59. The number of amides is 1. The van der Waals surface area contributed by atoms with Crippen molar-refractivity contribution in [3.05, 3.63) is 0 Å². The molecule has 0 aliphatic heterocycles. The molecule has 0 radical (unpaired) electrons. The van der Waals surface area contributed by atoms with Crippen LogP contribution in [0, 0.1) is 22.2 Å². The lowest BCUT2D eigenvalue weighted by Crippen LogP contribution is -2.39. The Kier molecular flexibility index (Phi) is 1.67. The van der Waals surface area contributed by atoms with Gasteiger partial charge >= 0.3 is 6.09 Å². The van der Waals surface area contributed by atoms with E-state index in [1.54, 1.807) is 0 Å². The van der Waals surface area contributed by atoms with Gasteiger partial charge in [0, 0.05) is 12.0 Å². The van der Waals surface area contributed by atoms with Crippen molar-refractivity contribution < 1.29 is 9.53 Å². The fraction of sp³-hybridized carbons (Fsp3) is 0.923. The number of carbonyl (C=O) groups is 1. The van der Waals surface area contributed by atoms with Crippen molar-refractivity contribution in [3.63, 3.8) is 0 Å². The van der Waals surface area contributed by atoms with Crippen molar-refractivity contribution >= 4 is 6.09 Å². The average molecular weight is 223 g/mol. The zero-order valence-electron chi connectivity index (χ0n) is 10.6. The van der Waals surface area contributed by atoms with Crippen LogP contribution in [0.3, 0.4) is 0 Å². The molecule has 0 heterocycles. The van der Waals surface area contributed by atoms with Crippen LogP contribution in [0.2, 0.25) is 0 Å². The molecular weight excluding hydrogens is 202 g/mol. The summed E-state index contributed by atoms with van der Waals surface area (Å²) in [5, 5.41) is 2.72. The summed E-state index contributed by atoms with van der Waals surface area (Å²) in [5.41, 5.74) is 1.10. The molecule has 1 amide bonds. The van der Waals surface area contributed by atoms with E-state index < -0.39 is 0 Å². The van der Waals surface area contributed by atoms with Gasteiger partial charge in [-0.15, -0.1) is 0 Å². The van der Waals surface area contributed by atoms with E-state index in [4.69, 9.17) is 4.74 Å². The molecule has 0 spiro atoms. The predicted octanol–water partition coefficient (Wildman–Crippen LogP) is 2.56. The summed E-state index contributed by atoms with van der Waals surface area (Å²) >= 11 is 0. The van der Waals surface area contributed by atoms with Gasteiger partial charge in [-0.25, -0.2) is 4.79 Å². The molecule has 5 atom stereocenters. The van der Waals surface area contributed by atoms with Gasteiger partial charge in [0.1, 0.15) is 6.10 Å². The molecular formula is C13H21NO2. The first kappa shape index (κ1) is 10.4. The van der Waals surface area contributed by atoms with Gasteiger partial charge in [0.25, 0.3) is 0 Å². The van der Waals surface area contributed by atoms with Gasteiger partial charge in [-0.2, -0.15) is 0 Å². The number of hydrogen-bond acceptors (Lipinski definition) is 2. The number of nitrogens with one attached hydrogen (secondary N) is 1.